The lowest BCUT2D eigenvalue weighted by Crippen LogP contribution is -2.41. The number of carbonyl (C=O) groups is 1. The fourth-order valence-corrected chi connectivity index (χ4v) is 4.87. The van der Waals surface area contributed by atoms with Gasteiger partial charge in [-0.05, 0) is 67.3 Å². The van der Waals surface area contributed by atoms with E-state index in [-0.39, 0.29) is 18.1 Å². The monoisotopic (exact) mass is 531 g/mol. The topological polar surface area (TPSA) is 64.4 Å². The number of carbonyl (C=O) groups excluding carboxylic acids is 1. The van der Waals surface area contributed by atoms with Crippen LogP contribution in [0.2, 0.25) is 0 Å². The van der Waals surface area contributed by atoms with Crippen LogP contribution in [0.3, 0.4) is 0 Å². The van der Waals surface area contributed by atoms with E-state index in [1.165, 1.54) is 5.56 Å². The second-order valence-electron chi connectivity index (χ2n) is 9.75. The largest absolute Gasteiger partial charge is 0.484 e. The van der Waals surface area contributed by atoms with Crippen LogP contribution in [0.4, 0.5) is 0 Å². The van der Waals surface area contributed by atoms with E-state index in [4.69, 9.17) is 9.72 Å². The predicted molar refractivity (Wildman–Crippen MR) is 159 cm³/mol. The Morgan fingerprint density at radius 2 is 1.50 bits per heavy atom. The Morgan fingerprint density at radius 1 is 0.850 bits per heavy atom. The van der Waals surface area contributed by atoms with Crippen molar-refractivity contribution in [2.75, 3.05) is 13.2 Å². The van der Waals surface area contributed by atoms with E-state index in [1.54, 1.807) is 15.5 Å². The second kappa shape index (κ2) is 12.4. The minimum Gasteiger partial charge on any atom is -0.484 e. The van der Waals surface area contributed by atoms with Crippen LogP contribution in [0.25, 0.3) is 16.6 Å². The van der Waals surface area contributed by atoms with E-state index in [2.05, 4.69) is 6.92 Å². The number of hydrogen-bond donors (Lipinski definition) is 0. The summed E-state index contributed by atoms with van der Waals surface area (Å²) in [6.07, 6.45) is 1.56. The third kappa shape index (κ3) is 5.96. The first-order valence-corrected chi connectivity index (χ1v) is 13.7. The van der Waals surface area contributed by atoms with Gasteiger partial charge in [0.05, 0.1) is 22.6 Å². The van der Waals surface area contributed by atoms with Gasteiger partial charge >= 0.3 is 0 Å². The van der Waals surface area contributed by atoms with Crippen LogP contribution in [-0.4, -0.2) is 33.5 Å². The zero-order valence-corrected chi connectivity index (χ0v) is 22.9. The molecule has 5 rings (SSSR count). The highest BCUT2D eigenvalue weighted by molar-refractivity contribution is 5.79. The molecule has 0 fully saturated rings. The molecule has 202 valence electrons. The Kier molecular flexibility index (Phi) is 8.35. The lowest BCUT2D eigenvalue weighted by molar-refractivity contribution is -0.135. The standard InChI is InChI=1S/C34H33N3O3/c1-3-26-18-20-28(21-19-26)37-33(35-31-17-11-10-16-30(31)34(37)39)25(2)36(23-22-27-12-6-4-7-13-27)32(38)24-40-29-14-8-5-9-15-29/h4-21,25H,3,22-24H2,1-2H3. The first-order chi connectivity index (χ1) is 19.5. The molecule has 0 aliphatic heterocycles. The summed E-state index contributed by atoms with van der Waals surface area (Å²) in [6.45, 7) is 4.35. The zero-order chi connectivity index (χ0) is 27.9. The van der Waals surface area contributed by atoms with Crippen LogP contribution in [0.15, 0.2) is 114 Å². The summed E-state index contributed by atoms with van der Waals surface area (Å²) in [5.41, 5.74) is 3.46. The van der Waals surface area contributed by atoms with Crippen LogP contribution in [0.5, 0.6) is 5.75 Å². The smallest absolute Gasteiger partial charge is 0.266 e. The lowest BCUT2D eigenvalue weighted by Gasteiger charge is -2.30. The lowest BCUT2D eigenvalue weighted by atomic mass is 10.1. The van der Waals surface area contributed by atoms with E-state index < -0.39 is 6.04 Å². The number of aryl methyl sites for hydroxylation is 1. The maximum Gasteiger partial charge on any atom is 0.266 e. The maximum atomic E-state index is 13.9. The molecule has 0 spiro atoms. The highest BCUT2D eigenvalue weighted by atomic mass is 16.5. The van der Waals surface area contributed by atoms with E-state index in [9.17, 15) is 9.59 Å². The molecular weight excluding hydrogens is 498 g/mol. The van der Waals surface area contributed by atoms with Crippen LogP contribution < -0.4 is 10.3 Å². The van der Waals surface area contributed by atoms with Crippen LogP contribution >= 0.6 is 0 Å². The van der Waals surface area contributed by atoms with Crippen LogP contribution in [0, 0.1) is 0 Å². The summed E-state index contributed by atoms with van der Waals surface area (Å²) < 4.78 is 7.49. The average Bonchev–Trinajstić information content (AvgIpc) is 3.01. The molecule has 0 saturated carbocycles. The number of ether oxygens (including phenoxy) is 1. The fraction of sp³-hybridized carbons (Fsp3) is 0.206. The van der Waals surface area contributed by atoms with Gasteiger partial charge < -0.3 is 9.64 Å². The van der Waals surface area contributed by atoms with E-state index in [0.29, 0.717) is 35.4 Å². The van der Waals surface area contributed by atoms with E-state index in [1.807, 2.05) is 110 Å². The summed E-state index contributed by atoms with van der Waals surface area (Å²) in [5, 5.41) is 0.535. The summed E-state index contributed by atoms with van der Waals surface area (Å²) in [5.74, 6) is 0.958. The van der Waals surface area contributed by atoms with Crippen molar-refractivity contribution in [1.29, 1.82) is 0 Å². The van der Waals surface area contributed by atoms with Crippen LogP contribution in [-0.2, 0) is 17.6 Å². The second-order valence-corrected chi connectivity index (χ2v) is 9.75. The van der Waals surface area contributed by atoms with Crippen molar-refractivity contribution < 1.29 is 9.53 Å². The number of fused-ring (bicyclic) bond motifs is 1. The number of aromatic nitrogens is 2. The molecule has 0 radical (unpaired) electrons. The first-order valence-electron chi connectivity index (χ1n) is 13.7. The molecular formula is C34H33N3O3. The SMILES string of the molecule is CCc1ccc(-n2c(C(C)N(CCc3ccccc3)C(=O)COc3ccccc3)nc3ccccc3c2=O)cc1. The highest BCUT2D eigenvalue weighted by Crippen LogP contribution is 2.24. The van der Waals surface area contributed by atoms with Gasteiger partial charge in [-0.25, -0.2) is 4.98 Å². The zero-order valence-electron chi connectivity index (χ0n) is 22.9. The molecule has 5 aromatic rings. The molecule has 1 heterocycles. The first kappa shape index (κ1) is 26.9. The van der Waals surface area contributed by atoms with Crippen molar-refractivity contribution in [3.05, 3.63) is 136 Å². The average molecular weight is 532 g/mol. The quantitative estimate of drug-likeness (QED) is 0.217. The van der Waals surface area contributed by atoms with Gasteiger partial charge in [0.1, 0.15) is 11.6 Å². The van der Waals surface area contributed by atoms with Gasteiger partial charge in [0.2, 0.25) is 0 Å². The predicted octanol–water partition coefficient (Wildman–Crippen LogP) is 6.16. The van der Waals surface area contributed by atoms with E-state index >= 15 is 0 Å². The summed E-state index contributed by atoms with van der Waals surface area (Å²) in [6, 6.07) is 34.1. The van der Waals surface area contributed by atoms with Gasteiger partial charge in [0, 0.05) is 6.54 Å². The van der Waals surface area contributed by atoms with E-state index in [0.717, 1.165) is 17.7 Å². The third-order valence-electron chi connectivity index (χ3n) is 7.16. The van der Waals surface area contributed by atoms with Crippen molar-refractivity contribution in [3.63, 3.8) is 0 Å². The molecule has 0 saturated heterocycles. The van der Waals surface area contributed by atoms with Crippen molar-refractivity contribution >= 4 is 16.8 Å². The Balaban J connectivity index is 1.56. The summed E-state index contributed by atoms with van der Waals surface area (Å²) in [7, 11) is 0. The number of para-hydroxylation sites is 2. The minimum absolute atomic E-state index is 0.119. The third-order valence-corrected chi connectivity index (χ3v) is 7.16. The van der Waals surface area contributed by atoms with Crippen molar-refractivity contribution in [2.24, 2.45) is 0 Å². The number of rotatable bonds is 10. The molecule has 0 aliphatic carbocycles. The Hall–Kier alpha value is -4.71. The number of benzene rings is 4. The van der Waals surface area contributed by atoms with Crippen molar-refractivity contribution in [1.82, 2.24) is 14.5 Å². The number of hydrogen-bond acceptors (Lipinski definition) is 4. The normalized spacial score (nSPS) is 11.8. The minimum atomic E-state index is -0.501. The molecule has 1 amide bonds. The molecule has 6 nitrogen and oxygen atoms in total. The fourth-order valence-electron chi connectivity index (χ4n) is 4.87. The summed E-state index contributed by atoms with van der Waals surface area (Å²) in [4.78, 5) is 34.3. The Morgan fingerprint density at radius 3 is 2.20 bits per heavy atom. The van der Waals surface area contributed by atoms with Gasteiger partial charge in [-0.1, -0.05) is 79.7 Å². The Bertz CT molecular complexity index is 1630. The van der Waals surface area contributed by atoms with Crippen molar-refractivity contribution in [2.45, 2.75) is 32.7 Å². The van der Waals surface area contributed by atoms with Gasteiger partial charge in [0.15, 0.2) is 6.61 Å². The van der Waals surface area contributed by atoms with Gasteiger partial charge in [-0.3, -0.25) is 14.2 Å². The summed E-state index contributed by atoms with van der Waals surface area (Å²) >= 11 is 0. The molecule has 0 aliphatic rings. The molecule has 0 bridgehead atoms. The van der Waals surface area contributed by atoms with Gasteiger partial charge in [0.25, 0.3) is 11.5 Å². The Labute approximate surface area is 234 Å². The molecule has 6 heteroatoms. The molecule has 1 atom stereocenters. The van der Waals surface area contributed by atoms with Gasteiger partial charge in [-0.2, -0.15) is 0 Å². The molecule has 1 unspecified atom stereocenters. The molecule has 1 aromatic heterocycles. The maximum absolute atomic E-state index is 13.9. The van der Waals surface area contributed by atoms with Crippen molar-refractivity contribution in [3.8, 4) is 11.4 Å². The number of nitrogens with zero attached hydrogens (tertiary/aromatic N) is 3. The molecule has 40 heavy (non-hydrogen) atoms. The molecule has 0 N–H and O–H groups in total. The molecule has 4 aromatic carbocycles. The highest BCUT2D eigenvalue weighted by Gasteiger charge is 2.27. The number of amides is 1. The van der Waals surface area contributed by atoms with Crippen LogP contribution in [0.1, 0.15) is 36.8 Å². The van der Waals surface area contributed by atoms with Gasteiger partial charge in [-0.15, -0.1) is 0 Å².